The van der Waals surface area contributed by atoms with Gasteiger partial charge in [0.15, 0.2) is 0 Å². The molecule has 0 bridgehead atoms. The fourth-order valence-electron chi connectivity index (χ4n) is 2.96. The molecule has 1 amide bonds. The zero-order valence-electron chi connectivity index (χ0n) is 13.3. The Morgan fingerprint density at radius 2 is 1.78 bits per heavy atom. The number of amides is 1. The lowest BCUT2D eigenvalue weighted by Crippen LogP contribution is -2.48. The Hall–Kier alpha value is -2.20. The summed E-state index contributed by atoms with van der Waals surface area (Å²) in [7, 11) is 0. The molecule has 0 unspecified atom stereocenters. The summed E-state index contributed by atoms with van der Waals surface area (Å²) < 4.78 is 13.2. The summed E-state index contributed by atoms with van der Waals surface area (Å²) in [4.78, 5) is 16.7. The SMILES string of the molecule is Cc1cccc(C(=O)N2CCN(Cc3cccc(F)c3)CC2)c1. The molecule has 4 heteroatoms. The van der Waals surface area contributed by atoms with Gasteiger partial charge in [-0.1, -0.05) is 29.8 Å². The predicted molar refractivity (Wildman–Crippen MR) is 88.8 cm³/mol. The number of hydrogen-bond donors (Lipinski definition) is 0. The Morgan fingerprint density at radius 1 is 1.04 bits per heavy atom. The van der Waals surface area contributed by atoms with Crippen molar-refractivity contribution in [3.8, 4) is 0 Å². The molecule has 23 heavy (non-hydrogen) atoms. The van der Waals surface area contributed by atoms with E-state index < -0.39 is 0 Å². The minimum Gasteiger partial charge on any atom is -0.336 e. The number of carbonyl (C=O) groups is 1. The van der Waals surface area contributed by atoms with E-state index in [1.54, 1.807) is 12.1 Å². The minimum atomic E-state index is -0.198. The van der Waals surface area contributed by atoms with Crippen molar-refractivity contribution in [3.63, 3.8) is 0 Å². The van der Waals surface area contributed by atoms with Crippen molar-refractivity contribution in [2.24, 2.45) is 0 Å². The van der Waals surface area contributed by atoms with Gasteiger partial charge in [-0.3, -0.25) is 9.69 Å². The van der Waals surface area contributed by atoms with Crippen LogP contribution < -0.4 is 0 Å². The van der Waals surface area contributed by atoms with E-state index in [0.29, 0.717) is 13.1 Å². The van der Waals surface area contributed by atoms with Gasteiger partial charge in [0, 0.05) is 38.3 Å². The van der Waals surface area contributed by atoms with Crippen LogP contribution in [-0.4, -0.2) is 41.9 Å². The number of hydrogen-bond acceptors (Lipinski definition) is 2. The van der Waals surface area contributed by atoms with E-state index in [1.807, 2.05) is 42.2 Å². The normalized spacial score (nSPS) is 15.7. The molecule has 1 saturated heterocycles. The molecule has 2 aromatic rings. The van der Waals surface area contributed by atoms with Gasteiger partial charge >= 0.3 is 0 Å². The molecular weight excluding hydrogens is 291 g/mol. The quantitative estimate of drug-likeness (QED) is 0.869. The van der Waals surface area contributed by atoms with Gasteiger partial charge in [0.25, 0.3) is 5.91 Å². The highest BCUT2D eigenvalue weighted by atomic mass is 19.1. The van der Waals surface area contributed by atoms with E-state index in [4.69, 9.17) is 0 Å². The zero-order valence-corrected chi connectivity index (χ0v) is 13.3. The Bertz CT molecular complexity index is 693. The van der Waals surface area contributed by atoms with Crippen LogP contribution in [0.2, 0.25) is 0 Å². The van der Waals surface area contributed by atoms with Crippen molar-refractivity contribution in [1.29, 1.82) is 0 Å². The largest absolute Gasteiger partial charge is 0.336 e. The lowest BCUT2D eigenvalue weighted by molar-refractivity contribution is 0.0628. The smallest absolute Gasteiger partial charge is 0.253 e. The molecule has 1 aliphatic rings. The maximum atomic E-state index is 13.2. The first-order valence-corrected chi connectivity index (χ1v) is 7.94. The summed E-state index contributed by atoms with van der Waals surface area (Å²) in [6.45, 7) is 5.77. The monoisotopic (exact) mass is 312 g/mol. The summed E-state index contributed by atoms with van der Waals surface area (Å²) in [5.74, 6) is -0.102. The summed E-state index contributed by atoms with van der Waals surface area (Å²) in [6, 6.07) is 14.4. The van der Waals surface area contributed by atoms with Crippen LogP contribution in [0.3, 0.4) is 0 Å². The van der Waals surface area contributed by atoms with Gasteiger partial charge in [0.05, 0.1) is 0 Å². The lowest BCUT2D eigenvalue weighted by atomic mass is 10.1. The molecule has 0 spiro atoms. The van der Waals surface area contributed by atoms with Crippen LogP contribution in [0.15, 0.2) is 48.5 Å². The van der Waals surface area contributed by atoms with Crippen LogP contribution in [0.4, 0.5) is 4.39 Å². The minimum absolute atomic E-state index is 0.0964. The van der Waals surface area contributed by atoms with E-state index in [1.165, 1.54) is 6.07 Å². The van der Waals surface area contributed by atoms with Crippen molar-refractivity contribution >= 4 is 5.91 Å². The van der Waals surface area contributed by atoms with Crippen LogP contribution in [0.5, 0.6) is 0 Å². The number of benzene rings is 2. The summed E-state index contributed by atoms with van der Waals surface area (Å²) >= 11 is 0. The zero-order chi connectivity index (χ0) is 16.2. The molecular formula is C19H21FN2O. The fourth-order valence-corrected chi connectivity index (χ4v) is 2.96. The second kappa shape index (κ2) is 6.92. The highest BCUT2D eigenvalue weighted by molar-refractivity contribution is 5.94. The van der Waals surface area contributed by atoms with Crippen LogP contribution in [0, 0.1) is 12.7 Å². The second-order valence-electron chi connectivity index (χ2n) is 6.07. The third kappa shape index (κ3) is 3.96. The standard InChI is InChI=1S/C19H21FN2O/c1-15-4-2-6-17(12-15)19(23)22-10-8-21(9-11-22)14-16-5-3-7-18(20)13-16/h2-7,12-13H,8-11,14H2,1H3. The number of rotatable bonds is 3. The average molecular weight is 312 g/mol. The molecule has 120 valence electrons. The Labute approximate surface area is 136 Å². The first-order valence-electron chi connectivity index (χ1n) is 7.94. The van der Waals surface area contributed by atoms with E-state index in [2.05, 4.69) is 4.90 Å². The van der Waals surface area contributed by atoms with Crippen LogP contribution in [0.25, 0.3) is 0 Å². The number of carbonyl (C=O) groups excluding carboxylic acids is 1. The molecule has 0 saturated carbocycles. The van der Waals surface area contributed by atoms with Gasteiger partial charge in [-0.2, -0.15) is 0 Å². The molecule has 0 aromatic heterocycles. The van der Waals surface area contributed by atoms with E-state index in [9.17, 15) is 9.18 Å². The summed E-state index contributed by atoms with van der Waals surface area (Å²) in [5.41, 5.74) is 2.83. The van der Waals surface area contributed by atoms with Gasteiger partial charge in [-0.25, -0.2) is 4.39 Å². The van der Waals surface area contributed by atoms with Crippen molar-refractivity contribution < 1.29 is 9.18 Å². The number of halogens is 1. The van der Waals surface area contributed by atoms with Crippen molar-refractivity contribution in [3.05, 3.63) is 71.0 Å². The maximum absolute atomic E-state index is 13.2. The highest BCUT2D eigenvalue weighted by Gasteiger charge is 2.22. The molecule has 0 N–H and O–H groups in total. The van der Waals surface area contributed by atoms with Crippen LogP contribution >= 0.6 is 0 Å². The molecule has 2 aromatic carbocycles. The third-order valence-electron chi connectivity index (χ3n) is 4.22. The Morgan fingerprint density at radius 3 is 2.48 bits per heavy atom. The third-order valence-corrected chi connectivity index (χ3v) is 4.22. The van der Waals surface area contributed by atoms with Gasteiger partial charge in [-0.05, 0) is 36.8 Å². The number of nitrogens with zero attached hydrogens (tertiary/aromatic N) is 2. The van der Waals surface area contributed by atoms with Crippen LogP contribution in [-0.2, 0) is 6.54 Å². The molecule has 3 nitrogen and oxygen atoms in total. The van der Waals surface area contributed by atoms with Crippen molar-refractivity contribution in [2.75, 3.05) is 26.2 Å². The number of aryl methyl sites for hydroxylation is 1. The van der Waals surface area contributed by atoms with Crippen LogP contribution in [0.1, 0.15) is 21.5 Å². The lowest BCUT2D eigenvalue weighted by Gasteiger charge is -2.34. The molecule has 3 rings (SSSR count). The van der Waals surface area contributed by atoms with E-state index in [-0.39, 0.29) is 11.7 Å². The molecule has 1 aliphatic heterocycles. The summed E-state index contributed by atoms with van der Waals surface area (Å²) in [5, 5.41) is 0. The number of piperazine rings is 1. The fraction of sp³-hybridized carbons (Fsp3) is 0.316. The van der Waals surface area contributed by atoms with Gasteiger partial charge in [0.2, 0.25) is 0 Å². The predicted octanol–water partition coefficient (Wildman–Crippen LogP) is 3.09. The first-order chi connectivity index (χ1) is 11.1. The molecule has 1 heterocycles. The second-order valence-corrected chi connectivity index (χ2v) is 6.07. The molecule has 0 atom stereocenters. The average Bonchev–Trinajstić information content (AvgIpc) is 2.55. The van der Waals surface area contributed by atoms with Gasteiger partial charge in [0.1, 0.15) is 5.82 Å². The van der Waals surface area contributed by atoms with Gasteiger partial charge in [-0.15, -0.1) is 0 Å². The highest BCUT2D eigenvalue weighted by Crippen LogP contribution is 2.13. The van der Waals surface area contributed by atoms with E-state index in [0.717, 1.165) is 36.3 Å². The Balaban J connectivity index is 1.57. The summed E-state index contributed by atoms with van der Waals surface area (Å²) in [6.07, 6.45) is 0. The van der Waals surface area contributed by atoms with Crippen molar-refractivity contribution in [2.45, 2.75) is 13.5 Å². The first kappa shape index (κ1) is 15.7. The van der Waals surface area contributed by atoms with E-state index >= 15 is 0 Å². The van der Waals surface area contributed by atoms with Gasteiger partial charge < -0.3 is 4.90 Å². The molecule has 0 radical (unpaired) electrons. The topological polar surface area (TPSA) is 23.6 Å². The Kier molecular flexibility index (Phi) is 4.72. The molecule has 1 fully saturated rings. The maximum Gasteiger partial charge on any atom is 0.253 e. The van der Waals surface area contributed by atoms with Crippen molar-refractivity contribution in [1.82, 2.24) is 9.80 Å². The molecule has 0 aliphatic carbocycles.